The van der Waals surface area contributed by atoms with E-state index in [1.165, 1.54) is 31.3 Å². The van der Waals surface area contributed by atoms with Crippen molar-refractivity contribution in [3.05, 3.63) is 35.4 Å². The number of aryl methyl sites for hydroxylation is 1. The fraction of sp³-hybridized carbons (Fsp3) is 0.571. The molecule has 1 atom stereocenters. The fourth-order valence-electron chi connectivity index (χ4n) is 2.31. The first-order valence-corrected chi connectivity index (χ1v) is 6.52. The monoisotopic (exact) mass is 231 g/mol. The lowest BCUT2D eigenvalue weighted by Crippen LogP contribution is -2.24. The summed E-state index contributed by atoms with van der Waals surface area (Å²) in [6.07, 6.45) is 11.1. The summed E-state index contributed by atoms with van der Waals surface area (Å²) in [5, 5.41) is 3.52. The molecule has 92 valence electrons. The van der Waals surface area contributed by atoms with Gasteiger partial charge in [-0.3, -0.25) is 9.97 Å². The van der Waals surface area contributed by atoms with Crippen molar-refractivity contribution in [1.82, 2.24) is 15.3 Å². The Labute approximate surface area is 103 Å². The minimum atomic E-state index is 0.258. The molecule has 0 spiro atoms. The topological polar surface area (TPSA) is 37.8 Å². The number of nitrogens with one attached hydrogen (secondary N) is 1. The molecule has 1 aromatic rings. The summed E-state index contributed by atoms with van der Waals surface area (Å²) in [5.41, 5.74) is 3.50. The van der Waals surface area contributed by atoms with Crippen LogP contribution in [0.4, 0.5) is 0 Å². The molecule has 1 aliphatic rings. The first kappa shape index (κ1) is 12.2. The highest BCUT2D eigenvalue weighted by molar-refractivity contribution is 5.22. The molecule has 0 aliphatic heterocycles. The lowest BCUT2D eigenvalue weighted by molar-refractivity contribution is 0.552. The molecule has 1 heterocycles. The van der Waals surface area contributed by atoms with Gasteiger partial charge in [0.2, 0.25) is 0 Å². The number of nitrogens with zero attached hydrogens (tertiary/aromatic N) is 2. The predicted molar refractivity (Wildman–Crippen MR) is 69.7 cm³/mol. The molecule has 0 fully saturated rings. The van der Waals surface area contributed by atoms with Crippen molar-refractivity contribution >= 4 is 0 Å². The van der Waals surface area contributed by atoms with E-state index in [1.807, 2.05) is 19.3 Å². The molecule has 1 aromatic heterocycles. The Morgan fingerprint density at radius 3 is 2.76 bits per heavy atom. The standard InChI is InChI=1S/C14H21N3/c1-3-15-14(12-7-5-4-6-8-12)13-10-16-11(2)9-17-13/h7,9-10,14-15H,3-6,8H2,1-2H3. The zero-order valence-corrected chi connectivity index (χ0v) is 10.7. The Bertz CT molecular complexity index is 381. The third-order valence-electron chi connectivity index (χ3n) is 3.20. The van der Waals surface area contributed by atoms with E-state index in [9.17, 15) is 0 Å². The Balaban J connectivity index is 2.21. The molecule has 2 rings (SSSR count). The highest BCUT2D eigenvalue weighted by Crippen LogP contribution is 2.28. The van der Waals surface area contributed by atoms with Gasteiger partial charge in [-0.2, -0.15) is 0 Å². The first-order chi connectivity index (χ1) is 8.31. The van der Waals surface area contributed by atoms with Gasteiger partial charge in [0.15, 0.2) is 0 Å². The molecule has 1 aliphatic carbocycles. The lowest BCUT2D eigenvalue weighted by atomic mass is 9.92. The summed E-state index contributed by atoms with van der Waals surface area (Å²) in [6, 6.07) is 0.258. The average Bonchev–Trinajstić information content (AvgIpc) is 2.38. The second-order valence-corrected chi connectivity index (χ2v) is 4.60. The van der Waals surface area contributed by atoms with E-state index < -0.39 is 0 Å². The number of allylic oxidation sites excluding steroid dienone is 1. The van der Waals surface area contributed by atoms with Gasteiger partial charge in [0.1, 0.15) is 0 Å². The first-order valence-electron chi connectivity index (χ1n) is 6.52. The van der Waals surface area contributed by atoms with E-state index in [0.29, 0.717) is 0 Å². The minimum Gasteiger partial charge on any atom is -0.305 e. The molecule has 0 amide bonds. The largest absolute Gasteiger partial charge is 0.305 e. The molecular formula is C14H21N3. The molecule has 3 nitrogen and oxygen atoms in total. The minimum absolute atomic E-state index is 0.258. The van der Waals surface area contributed by atoms with Crippen LogP contribution in [0, 0.1) is 6.92 Å². The Hall–Kier alpha value is -1.22. The molecule has 0 saturated carbocycles. The van der Waals surface area contributed by atoms with Crippen molar-refractivity contribution in [2.24, 2.45) is 0 Å². The van der Waals surface area contributed by atoms with Crippen LogP contribution in [0.5, 0.6) is 0 Å². The molecule has 0 bridgehead atoms. The molecule has 1 N–H and O–H groups in total. The second kappa shape index (κ2) is 5.92. The quantitative estimate of drug-likeness (QED) is 0.810. The Kier molecular flexibility index (Phi) is 4.26. The average molecular weight is 231 g/mol. The van der Waals surface area contributed by atoms with Gasteiger partial charge in [0.25, 0.3) is 0 Å². The van der Waals surface area contributed by atoms with E-state index in [4.69, 9.17) is 0 Å². The molecule has 0 aromatic carbocycles. The number of rotatable bonds is 4. The van der Waals surface area contributed by atoms with Crippen molar-refractivity contribution in [2.45, 2.75) is 45.6 Å². The van der Waals surface area contributed by atoms with Crippen LogP contribution in [0.15, 0.2) is 24.0 Å². The van der Waals surface area contributed by atoms with E-state index in [0.717, 1.165) is 17.9 Å². The molecule has 0 radical (unpaired) electrons. The number of hydrogen-bond donors (Lipinski definition) is 1. The van der Waals surface area contributed by atoms with Gasteiger partial charge in [-0.15, -0.1) is 0 Å². The van der Waals surface area contributed by atoms with Crippen LogP contribution >= 0.6 is 0 Å². The van der Waals surface area contributed by atoms with Crippen molar-refractivity contribution in [3.63, 3.8) is 0 Å². The van der Waals surface area contributed by atoms with Gasteiger partial charge in [-0.05, 0) is 39.2 Å². The van der Waals surface area contributed by atoms with Crippen LogP contribution in [-0.4, -0.2) is 16.5 Å². The summed E-state index contributed by atoms with van der Waals surface area (Å²) in [6.45, 7) is 5.06. The second-order valence-electron chi connectivity index (χ2n) is 4.60. The number of aromatic nitrogens is 2. The Morgan fingerprint density at radius 2 is 2.18 bits per heavy atom. The summed E-state index contributed by atoms with van der Waals surface area (Å²) in [4.78, 5) is 8.85. The molecular weight excluding hydrogens is 210 g/mol. The maximum atomic E-state index is 4.51. The summed E-state index contributed by atoms with van der Waals surface area (Å²) in [5.74, 6) is 0. The van der Waals surface area contributed by atoms with Gasteiger partial charge in [0.05, 0.1) is 23.6 Å². The highest BCUT2D eigenvalue weighted by atomic mass is 14.9. The van der Waals surface area contributed by atoms with Crippen molar-refractivity contribution in [3.8, 4) is 0 Å². The maximum Gasteiger partial charge on any atom is 0.0798 e. The zero-order valence-electron chi connectivity index (χ0n) is 10.7. The van der Waals surface area contributed by atoms with Crippen LogP contribution in [-0.2, 0) is 0 Å². The van der Waals surface area contributed by atoms with E-state index >= 15 is 0 Å². The smallest absolute Gasteiger partial charge is 0.0798 e. The fourth-order valence-corrected chi connectivity index (χ4v) is 2.31. The van der Waals surface area contributed by atoms with E-state index in [1.54, 1.807) is 0 Å². The van der Waals surface area contributed by atoms with Gasteiger partial charge in [-0.1, -0.05) is 18.6 Å². The van der Waals surface area contributed by atoms with Crippen LogP contribution in [0.2, 0.25) is 0 Å². The van der Waals surface area contributed by atoms with Gasteiger partial charge in [0, 0.05) is 6.20 Å². The van der Waals surface area contributed by atoms with Gasteiger partial charge in [-0.25, -0.2) is 0 Å². The third kappa shape index (κ3) is 3.13. The van der Waals surface area contributed by atoms with Gasteiger partial charge < -0.3 is 5.32 Å². The van der Waals surface area contributed by atoms with E-state index in [-0.39, 0.29) is 6.04 Å². The maximum absolute atomic E-state index is 4.51. The van der Waals surface area contributed by atoms with Crippen molar-refractivity contribution < 1.29 is 0 Å². The highest BCUT2D eigenvalue weighted by Gasteiger charge is 2.18. The number of hydrogen-bond acceptors (Lipinski definition) is 3. The summed E-state index contributed by atoms with van der Waals surface area (Å²) >= 11 is 0. The molecule has 1 unspecified atom stereocenters. The van der Waals surface area contributed by atoms with Crippen molar-refractivity contribution in [1.29, 1.82) is 0 Å². The molecule has 3 heteroatoms. The molecule has 0 saturated heterocycles. The van der Waals surface area contributed by atoms with Crippen molar-refractivity contribution in [2.75, 3.05) is 6.54 Å². The predicted octanol–water partition coefficient (Wildman–Crippen LogP) is 2.94. The van der Waals surface area contributed by atoms with Crippen LogP contribution in [0.1, 0.15) is 50.0 Å². The lowest BCUT2D eigenvalue weighted by Gasteiger charge is -2.23. The summed E-state index contributed by atoms with van der Waals surface area (Å²) < 4.78 is 0. The number of likely N-dealkylation sites (N-methyl/N-ethyl adjacent to an activating group) is 1. The van der Waals surface area contributed by atoms with Crippen LogP contribution < -0.4 is 5.32 Å². The SMILES string of the molecule is CCNC(C1=CCCCC1)c1cnc(C)cn1. The van der Waals surface area contributed by atoms with Crippen LogP contribution in [0.3, 0.4) is 0 Å². The third-order valence-corrected chi connectivity index (χ3v) is 3.20. The Morgan fingerprint density at radius 1 is 1.29 bits per heavy atom. The van der Waals surface area contributed by atoms with Crippen LogP contribution in [0.25, 0.3) is 0 Å². The zero-order chi connectivity index (χ0) is 12.1. The summed E-state index contributed by atoms with van der Waals surface area (Å²) in [7, 11) is 0. The normalized spacial score (nSPS) is 17.6. The van der Waals surface area contributed by atoms with Gasteiger partial charge >= 0.3 is 0 Å². The molecule has 17 heavy (non-hydrogen) atoms. The van der Waals surface area contributed by atoms with E-state index in [2.05, 4.69) is 28.3 Å².